The molecule has 0 heterocycles. The van der Waals surface area contributed by atoms with E-state index in [1.54, 1.807) is 11.1 Å². The Labute approximate surface area is 227 Å². The van der Waals surface area contributed by atoms with Gasteiger partial charge in [-0.2, -0.15) is 0 Å². The lowest BCUT2D eigenvalue weighted by Crippen LogP contribution is -2.60. The average molecular weight is 517 g/mol. The Morgan fingerprint density at radius 3 is 2.11 bits per heavy atom. The molecule has 0 saturated heterocycles. The topological polar surface area (TPSA) is 63.6 Å². The van der Waals surface area contributed by atoms with Gasteiger partial charge in [0.2, 0.25) is 0 Å². The van der Waals surface area contributed by atoms with E-state index in [2.05, 4.69) is 34.6 Å². The summed E-state index contributed by atoms with van der Waals surface area (Å²) in [6, 6.07) is 0. The van der Waals surface area contributed by atoms with Crippen LogP contribution in [0.5, 0.6) is 0 Å². The summed E-state index contributed by atoms with van der Waals surface area (Å²) >= 11 is 0. The Hall–Kier alpha value is -1.32. The van der Waals surface area contributed by atoms with Gasteiger partial charge in [-0.25, -0.2) is 4.79 Å². The first-order chi connectivity index (χ1) is 17.0. The number of hydrogen-bond acceptors (Lipinski definition) is 3. The highest BCUT2D eigenvalue weighted by Crippen LogP contribution is 2.72. The van der Waals surface area contributed by atoms with Crippen LogP contribution in [-0.2, 0) is 9.53 Å². The van der Waals surface area contributed by atoms with Crippen molar-refractivity contribution in [3.63, 3.8) is 0 Å². The lowest BCUT2D eigenvalue weighted by atomic mass is 9.38. The summed E-state index contributed by atoms with van der Waals surface area (Å²) in [6.45, 7) is 17.9. The van der Waals surface area contributed by atoms with Gasteiger partial charge >= 0.3 is 6.16 Å². The Morgan fingerprint density at radius 2 is 1.51 bits per heavy atom. The van der Waals surface area contributed by atoms with Crippen molar-refractivity contribution in [3.8, 4) is 0 Å². The maximum atomic E-state index is 13.1. The van der Waals surface area contributed by atoms with Crippen LogP contribution in [0.3, 0.4) is 0 Å². The van der Waals surface area contributed by atoms with Gasteiger partial charge < -0.3 is 9.84 Å². The molecule has 0 spiro atoms. The Morgan fingerprint density at radius 1 is 0.919 bits per heavy atom. The first-order valence-electron chi connectivity index (χ1n) is 15.1. The standard InChI is InChI=1S/C30H46O4.C2H6.CH4/c1-17(2)20-9-15-30(19(4)31)16-11-23-21(26(20)30)7-8-25-28(5)14-12-24(34-27(32)33)18(3)22(28)10-13-29(23,25)6;1-2;/h17-18,21-25H,7-16H2,1-6H3,(H,32,33);1-2H3;1H4. The molecule has 4 heteroatoms. The predicted molar refractivity (Wildman–Crippen MR) is 151 cm³/mol. The first-order valence-corrected chi connectivity index (χ1v) is 15.1. The van der Waals surface area contributed by atoms with Crippen LogP contribution in [0.1, 0.15) is 127 Å². The third-order valence-corrected chi connectivity index (χ3v) is 12.3. The van der Waals surface area contributed by atoms with Crippen molar-refractivity contribution in [3.05, 3.63) is 11.1 Å². The maximum Gasteiger partial charge on any atom is 0.506 e. The van der Waals surface area contributed by atoms with Crippen molar-refractivity contribution < 1.29 is 19.4 Å². The lowest BCUT2D eigenvalue weighted by Gasteiger charge is -2.67. The quantitative estimate of drug-likeness (QED) is 0.300. The number of carbonyl (C=O) groups excluding carboxylic acids is 1. The molecule has 4 nitrogen and oxygen atoms in total. The molecule has 37 heavy (non-hydrogen) atoms. The third kappa shape index (κ3) is 4.41. The van der Waals surface area contributed by atoms with E-state index in [0.29, 0.717) is 46.7 Å². The summed E-state index contributed by atoms with van der Waals surface area (Å²) in [5.74, 6) is 3.74. The van der Waals surface area contributed by atoms with Crippen LogP contribution in [0.4, 0.5) is 4.79 Å². The summed E-state index contributed by atoms with van der Waals surface area (Å²) in [4.78, 5) is 24.4. The van der Waals surface area contributed by atoms with Crippen LogP contribution in [0.15, 0.2) is 11.1 Å². The molecule has 5 aliphatic rings. The van der Waals surface area contributed by atoms with Crippen molar-refractivity contribution in [2.45, 2.75) is 133 Å². The fourth-order valence-electron chi connectivity index (χ4n) is 10.8. The van der Waals surface area contributed by atoms with E-state index >= 15 is 0 Å². The van der Waals surface area contributed by atoms with E-state index in [1.807, 2.05) is 20.8 Å². The lowest BCUT2D eigenvalue weighted by molar-refractivity contribution is -0.180. The second-order valence-electron chi connectivity index (χ2n) is 13.6. The molecule has 212 valence electrons. The molecule has 5 rings (SSSR count). The van der Waals surface area contributed by atoms with Gasteiger partial charge in [0.15, 0.2) is 0 Å². The molecule has 0 aromatic carbocycles. The van der Waals surface area contributed by atoms with Crippen molar-refractivity contribution in [1.82, 2.24) is 0 Å². The molecule has 4 saturated carbocycles. The minimum absolute atomic E-state index is 0. The molecular weight excluding hydrogens is 460 g/mol. The minimum Gasteiger partial charge on any atom is -0.450 e. The number of allylic oxidation sites excluding steroid dienone is 2. The van der Waals surface area contributed by atoms with Crippen LogP contribution in [0, 0.1) is 51.8 Å². The SMILES string of the molecule is C.CC.CC(=O)C12CCC(C(C)C)=C1C1CCC3C(C)(CCC4C(C)C(OC(=O)O)CCC43C)C1CC2. The van der Waals surface area contributed by atoms with Gasteiger partial charge in [-0.3, -0.25) is 4.79 Å². The fraction of sp³-hybridized carbons (Fsp3) is 0.879. The molecule has 1 N–H and O–H groups in total. The van der Waals surface area contributed by atoms with Crippen molar-refractivity contribution >= 4 is 11.9 Å². The van der Waals surface area contributed by atoms with E-state index in [9.17, 15) is 14.7 Å². The molecule has 0 aromatic rings. The summed E-state index contributed by atoms with van der Waals surface area (Å²) in [5.41, 5.74) is 3.63. The molecule has 0 amide bonds. The van der Waals surface area contributed by atoms with E-state index < -0.39 is 6.16 Å². The number of carbonyl (C=O) groups is 2. The van der Waals surface area contributed by atoms with E-state index in [4.69, 9.17) is 4.74 Å². The van der Waals surface area contributed by atoms with Gasteiger partial charge in [0, 0.05) is 0 Å². The van der Waals surface area contributed by atoms with Gasteiger partial charge in [-0.05, 0) is 117 Å². The van der Waals surface area contributed by atoms with Crippen molar-refractivity contribution in [2.75, 3.05) is 0 Å². The monoisotopic (exact) mass is 516 g/mol. The second kappa shape index (κ2) is 10.7. The highest BCUT2D eigenvalue weighted by molar-refractivity contribution is 5.87. The van der Waals surface area contributed by atoms with Crippen LogP contribution in [0.2, 0.25) is 0 Å². The molecule has 0 radical (unpaired) electrons. The number of carboxylic acid groups (broad SMARTS) is 1. The average Bonchev–Trinajstić information content (AvgIpc) is 3.24. The molecule has 0 aliphatic heterocycles. The summed E-state index contributed by atoms with van der Waals surface area (Å²) < 4.78 is 5.34. The maximum absolute atomic E-state index is 13.1. The highest BCUT2D eigenvalue weighted by atomic mass is 16.7. The Bertz CT molecular complexity index is 904. The number of hydrogen-bond donors (Lipinski definition) is 1. The fourth-order valence-corrected chi connectivity index (χ4v) is 10.8. The Balaban J connectivity index is 0.00000124. The van der Waals surface area contributed by atoms with Crippen LogP contribution < -0.4 is 0 Å². The summed E-state index contributed by atoms with van der Waals surface area (Å²) in [7, 11) is 0. The molecule has 9 unspecified atom stereocenters. The van der Waals surface area contributed by atoms with Crippen molar-refractivity contribution in [1.29, 1.82) is 0 Å². The van der Waals surface area contributed by atoms with Gasteiger partial charge in [0.05, 0.1) is 5.41 Å². The number of fused-ring (bicyclic) bond motifs is 7. The number of ketones is 1. The van der Waals surface area contributed by atoms with Crippen LogP contribution in [0.25, 0.3) is 0 Å². The van der Waals surface area contributed by atoms with Gasteiger partial charge in [-0.15, -0.1) is 0 Å². The van der Waals surface area contributed by atoms with Crippen molar-refractivity contribution in [2.24, 2.45) is 51.8 Å². The number of ether oxygens (including phenoxy) is 1. The molecule has 4 fully saturated rings. The smallest absolute Gasteiger partial charge is 0.450 e. The normalized spacial score (nSPS) is 44.2. The molecular formula is C33H56O4. The highest BCUT2D eigenvalue weighted by Gasteiger charge is 2.64. The summed E-state index contributed by atoms with van der Waals surface area (Å²) in [5, 5.41) is 9.25. The molecule has 5 aliphatic carbocycles. The van der Waals surface area contributed by atoms with E-state index in [0.717, 1.165) is 32.1 Å². The van der Waals surface area contributed by atoms with E-state index in [-0.39, 0.29) is 24.4 Å². The van der Waals surface area contributed by atoms with Gasteiger partial charge in [0.1, 0.15) is 11.9 Å². The summed E-state index contributed by atoms with van der Waals surface area (Å²) in [6.07, 6.45) is 10.0. The van der Waals surface area contributed by atoms with Crippen LogP contribution in [-0.4, -0.2) is 23.1 Å². The van der Waals surface area contributed by atoms with Gasteiger partial charge in [-0.1, -0.05) is 67.0 Å². The first kappa shape index (κ1) is 30.2. The zero-order chi connectivity index (χ0) is 26.6. The van der Waals surface area contributed by atoms with Gasteiger partial charge in [0.25, 0.3) is 0 Å². The minimum atomic E-state index is -1.12. The predicted octanol–water partition coefficient (Wildman–Crippen LogP) is 9.32. The van der Waals surface area contributed by atoms with E-state index in [1.165, 1.54) is 32.1 Å². The molecule has 0 aromatic heterocycles. The zero-order valence-corrected chi connectivity index (χ0v) is 24.3. The third-order valence-electron chi connectivity index (χ3n) is 12.3. The van der Waals surface area contributed by atoms with Crippen LogP contribution >= 0.6 is 0 Å². The zero-order valence-electron chi connectivity index (χ0n) is 24.3. The number of rotatable bonds is 3. The Kier molecular flexibility index (Phi) is 8.73. The largest absolute Gasteiger partial charge is 0.506 e. The number of Topliss-reactive ketones (excluding diaryl/α,β-unsaturated/α-hetero) is 1. The molecule has 9 atom stereocenters. The molecule has 0 bridgehead atoms. The second-order valence-corrected chi connectivity index (χ2v) is 13.6.